The third-order valence-corrected chi connectivity index (χ3v) is 2.58. The largest absolute Gasteiger partial charge is 0.370 e. The van der Waals surface area contributed by atoms with E-state index in [4.69, 9.17) is 23.1 Å². The van der Waals surface area contributed by atoms with E-state index in [-0.39, 0.29) is 36.0 Å². The summed E-state index contributed by atoms with van der Waals surface area (Å²) in [4.78, 5) is 4.11. The summed E-state index contributed by atoms with van der Waals surface area (Å²) in [6.45, 7) is 0. The van der Waals surface area contributed by atoms with E-state index in [2.05, 4.69) is 11.1 Å². The average Bonchev–Trinajstić information content (AvgIpc) is 2.82. The third-order valence-electron chi connectivity index (χ3n) is 2.35. The number of nitrogens with zero attached hydrogens (tertiary/aromatic N) is 1. The SMILES string of the molecule is I.NC(N)=NC1CC1c1cccc(Cl)c1. The summed E-state index contributed by atoms with van der Waals surface area (Å²) < 4.78 is 0. The zero-order chi connectivity index (χ0) is 10.1. The molecule has 1 aromatic rings. The number of guanidine groups is 1. The second kappa shape index (κ2) is 5.03. The fourth-order valence-corrected chi connectivity index (χ4v) is 1.81. The van der Waals surface area contributed by atoms with E-state index >= 15 is 0 Å². The van der Waals surface area contributed by atoms with Crippen molar-refractivity contribution in [3.05, 3.63) is 34.9 Å². The Labute approximate surface area is 111 Å². The lowest BCUT2D eigenvalue weighted by atomic mass is 10.1. The lowest BCUT2D eigenvalue weighted by Gasteiger charge is -1.98. The van der Waals surface area contributed by atoms with Crippen LogP contribution in [0.1, 0.15) is 17.9 Å². The molecule has 1 aliphatic carbocycles. The van der Waals surface area contributed by atoms with Crippen LogP contribution < -0.4 is 11.5 Å². The molecule has 0 aliphatic heterocycles. The molecule has 0 spiro atoms. The molecule has 0 amide bonds. The molecule has 0 bridgehead atoms. The van der Waals surface area contributed by atoms with Gasteiger partial charge in [0.25, 0.3) is 0 Å². The lowest BCUT2D eigenvalue weighted by molar-refractivity contribution is 0.982. The Morgan fingerprint density at radius 2 is 2.13 bits per heavy atom. The van der Waals surface area contributed by atoms with Crippen molar-refractivity contribution in [3.63, 3.8) is 0 Å². The molecular weight excluding hydrogens is 324 g/mol. The van der Waals surface area contributed by atoms with E-state index in [0.29, 0.717) is 5.92 Å². The standard InChI is InChI=1S/C10H12ClN3.HI/c11-7-3-1-2-6(4-7)8-5-9(8)14-10(12)13;/h1-4,8-9H,5H2,(H4,12,13,14);1H. The summed E-state index contributed by atoms with van der Waals surface area (Å²) >= 11 is 5.88. The molecule has 0 radical (unpaired) electrons. The van der Waals surface area contributed by atoms with Gasteiger partial charge in [0, 0.05) is 10.9 Å². The number of benzene rings is 1. The molecule has 5 heteroatoms. The molecule has 3 nitrogen and oxygen atoms in total. The van der Waals surface area contributed by atoms with Gasteiger partial charge < -0.3 is 11.5 Å². The maximum Gasteiger partial charge on any atom is 0.186 e. The first-order chi connectivity index (χ1) is 6.66. The third kappa shape index (κ3) is 3.24. The van der Waals surface area contributed by atoms with E-state index in [0.717, 1.165) is 11.4 Å². The van der Waals surface area contributed by atoms with Crippen LogP contribution in [0.5, 0.6) is 0 Å². The molecule has 2 unspecified atom stereocenters. The molecule has 0 aromatic heterocycles. The van der Waals surface area contributed by atoms with Crippen molar-refractivity contribution in [1.82, 2.24) is 0 Å². The van der Waals surface area contributed by atoms with Crippen molar-refractivity contribution in [1.29, 1.82) is 0 Å². The molecule has 0 saturated heterocycles. The number of halogens is 2. The quantitative estimate of drug-likeness (QED) is 0.493. The summed E-state index contributed by atoms with van der Waals surface area (Å²) in [7, 11) is 0. The second-order valence-electron chi connectivity index (χ2n) is 3.52. The molecule has 0 heterocycles. The topological polar surface area (TPSA) is 64.4 Å². The summed E-state index contributed by atoms with van der Waals surface area (Å²) in [6, 6.07) is 8.08. The van der Waals surface area contributed by atoms with Crippen molar-refractivity contribution >= 4 is 41.5 Å². The van der Waals surface area contributed by atoms with Crippen LogP contribution in [0, 0.1) is 0 Å². The highest BCUT2D eigenvalue weighted by Crippen LogP contribution is 2.43. The van der Waals surface area contributed by atoms with Gasteiger partial charge in [-0.05, 0) is 24.1 Å². The van der Waals surface area contributed by atoms with E-state index in [1.807, 2.05) is 18.2 Å². The minimum absolute atomic E-state index is 0. The highest BCUT2D eigenvalue weighted by atomic mass is 127. The van der Waals surface area contributed by atoms with Gasteiger partial charge in [0.15, 0.2) is 5.96 Å². The highest BCUT2D eigenvalue weighted by Gasteiger charge is 2.38. The molecule has 1 fully saturated rings. The summed E-state index contributed by atoms with van der Waals surface area (Å²) in [5.41, 5.74) is 11.8. The maximum atomic E-state index is 5.88. The van der Waals surface area contributed by atoms with E-state index in [1.54, 1.807) is 0 Å². The van der Waals surface area contributed by atoms with Crippen molar-refractivity contribution < 1.29 is 0 Å². The van der Waals surface area contributed by atoms with Crippen LogP contribution in [-0.2, 0) is 0 Å². The summed E-state index contributed by atoms with van der Waals surface area (Å²) in [5.74, 6) is 0.607. The predicted octanol–water partition coefficient (Wildman–Crippen LogP) is 2.09. The van der Waals surface area contributed by atoms with Crippen LogP contribution in [0.4, 0.5) is 0 Å². The first-order valence-corrected chi connectivity index (χ1v) is 4.89. The van der Waals surface area contributed by atoms with Gasteiger partial charge >= 0.3 is 0 Å². The normalized spacial score (nSPS) is 22.7. The smallest absolute Gasteiger partial charge is 0.186 e. The number of hydrogen-bond donors (Lipinski definition) is 2. The van der Waals surface area contributed by atoms with Gasteiger partial charge in [0.2, 0.25) is 0 Å². The Hall–Kier alpha value is -0.490. The second-order valence-corrected chi connectivity index (χ2v) is 3.95. The molecule has 82 valence electrons. The van der Waals surface area contributed by atoms with Gasteiger partial charge in [-0.3, -0.25) is 0 Å². The fourth-order valence-electron chi connectivity index (χ4n) is 1.61. The van der Waals surface area contributed by atoms with Crippen LogP contribution in [-0.4, -0.2) is 12.0 Å². The Morgan fingerprint density at radius 3 is 2.73 bits per heavy atom. The Balaban J connectivity index is 0.00000112. The van der Waals surface area contributed by atoms with Gasteiger partial charge in [0.05, 0.1) is 6.04 Å². The van der Waals surface area contributed by atoms with Crippen molar-refractivity contribution in [2.75, 3.05) is 0 Å². The summed E-state index contributed by atoms with van der Waals surface area (Å²) in [6.07, 6.45) is 1.01. The van der Waals surface area contributed by atoms with Crippen LogP contribution in [0.15, 0.2) is 29.3 Å². The zero-order valence-corrected chi connectivity index (χ0v) is 11.1. The van der Waals surface area contributed by atoms with Crippen molar-refractivity contribution in [3.8, 4) is 0 Å². The average molecular weight is 338 g/mol. The minimum atomic E-state index is 0. The molecule has 1 aromatic carbocycles. The molecule has 1 aliphatic rings. The van der Waals surface area contributed by atoms with Crippen LogP contribution >= 0.6 is 35.6 Å². The number of aliphatic imine (C=N–C) groups is 1. The number of hydrogen-bond acceptors (Lipinski definition) is 1. The van der Waals surface area contributed by atoms with E-state index in [1.165, 1.54) is 5.56 Å². The summed E-state index contributed by atoms with van der Waals surface area (Å²) in [5, 5.41) is 0.762. The van der Waals surface area contributed by atoms with Gasteiger partial charge in [-0.25, -0.2) is 4.99 Å². The van der Waals surface area contributed by atoms with Crippen LogP contribution in [0.25, 0.3) is 0 Å². The predicted molar refractivity (Wildman–Crippen MR) is 73.8 cm³/mol. The van der Waals surface area contributed by atoms with Gasteiger partial charge in [-0.2, -0.15) is 0 Å². The minimum Gasteiger partial charge on any atom is -0.370 e. The first-order valence-electron chi connectivity index (χ1n) is 4.51. The van der Waals surface area contributed by atoms with Crippen LogP contribution in [0.2, 0.25) is 5.02 Å². The fraction of sp³-hybridized carbons (Fsp3) is 0.300. The van der Waals surface area contributed by atoms with E-state index < -0.39 is 0 Å². The van der Waals surface area contributed by atoms with Crippen molar-refractivity contribution in [2.24, 2.45) is 16.5 Å². The number of rotatable bonds is 2. The Bertz CT molecular complexity index is 377. The molecule has 2 atom stereocenters. The van der Waals surface area contributed by atoms with Crippen LogP contribution in [0.3, 0.4) is 0 Å². The Morgan fingerprint density at radius 1 is 1.40 bits per heavy atom. The van der Waals surface area contributed by atoms with Gasteiger partial charge in [0.1, 0.15) is 0 Å². The zero-order valence-electron chi connectivity index (χ0n) is 8.06. The van der Waals surface area contributed by atoms with E-state index in [9.17, 15) is 0 Å². The Kier molecular flexibility index (Phi) is 4.21. The molecule has 15 heavy (non-hydrogen) atoms. The van der Waals surface area contributed by atoms with Crippen molar-refractivity contribution in [2.45, 2.75) is 18.4 Å². The highest BCUT2D eigenvalue weighted by molar-refractivity contribution is 14.0. The molecule has 4 N–H and O–H groups in total. The lowest BCUT2D eigenvalue weighted by Crippen LogP contribution is -2.23. The molecule has 2 rings (SSSR count). The van der Waals surface area contributed by atoms with Gasteiger partial charge in [-0.15, -0.1) is 24.0 Å². The molecule has 1 saturated carbocycles. The molecular formula is C10H13ClIN3. The van der Waals surface area contributed by atoms with Gasteiger partial charge in [-0.1, -0.05) is 23.7 Å². The maximum absolute atomic E-state index is 5.88. The first kappa shape index (κ1) is 12.6. The monoisotopic (exact) mass is 337 g/mol. The number of nitrogens with two attached hydrogens (primary N) is 2.